The second kappa shape index (κ2) is 7.99. The minimum absolute atomic E-state index is 0.224. The lowest BCUT2D eigenvalue weighted by atomic mass is 10.1. The number of ether oxygens (including phenoxy) is 1. The molecule has 1 saturated carbocycles. The molecule has 2 heterocycles. The average molecular weight is 391 g/mol. The predicted molar refractivity (Wildman–Crippen MR) is 110 cm³/mol. The van der Waals surface area contributed by atoms with E-state index >= 15 is 0 Å². The number of aromatic nitrogens is 2. The van der Waals surface area contributed by atoms with Gasteiger partial charge in [-0.25, -0.2) is 4.98 Å². The summed E-state index contributed by atoms with van der Waals surface area (Å²) in [6, 6.07) is 11.1. The van der Waals surface area contributed by atoms with Crippen molar-refractivity contribution < 1.29 is 13.9 Å². The lowest BCUT2D eigenvalue weighted by molar-refractivity contribution is -0.117. The molecule has 0 spiro atoms. The first-order valence-electron chi connectivity index (χ1n) is 9.74. The van der Waals surface area contributed by atoms with Gasteiger partial charge in [0.2, 0.25) is 5.91 Å². The third kappa shape index (κ3) is 4.26. The summed E-state index contributed by atoms with van der Waals surface area (Å²) in [6.07, 6.45) is 7.94. The summed E-state index contributed by atoms with van der Waals surface area (Å²) >= 11 is 0. The normalized spacial score (nSPS) is 19.3. The molecule has 0 aliphatic heterocycles. The van der Waals surface area contributed by atoms with Crippen LogP contribution >= 0.6 is 0 Å². The Bertz CT molecular complexity index is 1030. The average Bonchev–Trinajstić information content (AvgIpc) is 3.09. The standard InChI is InChI=1S/C23H25N3O3/c1-15-13-19(15)20-9-7-17(29-20)8-10-21(27)25-22(23-24-11-12-26(23)2)16-5-4-6-18(14-16)28-3/h4-12,14-15,19,22H,13H2,1-3H3,(H,25,27)/b10-8+. The van der Waals surface area contributed by atoms with Gasteiger partial charge in [-0.1, -0.05) is 19.1 Å². The van der Waals surface area contributed by atoms with Crippen molar-refractivity contribution >= 4 is 12.0 Å². The zero-order chi connectivity index (χ0) is 20.4. The van der Waals surface area contributed by atoms with Gasteiger partial charge in [0.25, 0.3) is 0 Å². The van der Waals surface area contributed by atoms with Crippen LogP contribution in [0.25, 0.3) is 6.08 Å². The SMILES string of the molecule is COc1cccc(C(NC(=O)/C=C/c2ccc(C3CC3C)o2)c2nccn2C)c1. The molecule has 150 valence electrons. The molecule has 2 aromatic heterocycles. The maximum Gasteiger partial charge on any atom is 0.244 e. The summed E-state index contributed by atoms with van der Waals surface area (Å²) in [5.41, 5.74) is 0.892. The van der Waals surface area contributed by atoms with Crippen LogP contribution in [0.5, 0.6) is 5.75 Å². The quantitative estimate of drug-likeness (QED) is 0.617. The molecule has 0 saturated heterocycles. The van der Waals surface area contributed by atoms with E-state index in [1.807, 2.05) is 54.2 Å². The molecule has 1 fully saturated rings. The highest BCUT2D eigenvalue weighted by atomic mass is 16.5. The van der Waals surface area contributed by atoms with E-state index in [-0.39, 0.29) is 5.91 Å². The first kappa shape index (κ1) is 19.1. The topological polar surface area (TPSA) is 69.3 Å². The molecular weight excluding hydrogens is 366 g/mol. The van der Waals surface area contributed by atoms with Crippen LogP contribution in [0.4, 0.5) is 0 Å². The number of nitrogens with zero attached hydrogens (tertiary/aromatic N) is 2. The Morgan fingerprint density at radius 1 is 1.38 bits per heavy atom. The van der Waals surface area contributed by atoms with Crippen molar-refractivity contribution in [3.8, 4) is 5.75 Å². The second-order valence-corrected chi connectivity index (χ2v) is 7.51. The van der Waals surface area contributed by atoms with E-state index in [2.05, 4.69) is 17.2 Å². The maximum absolute atomic E-state index is 12.7. The van der Waals surface area contributed by atoms with E-state index in [0.29, 0.717) is 17.6 Å². The monoisotopic (exact) mass is 391 g/mol. The molecule has 3 aromatic rings. The Morgan fingerprint density at radius 2 is 2.21 bits per heavy atom. The van der Waals surface area contributed by atoms with Crippen LogP contribution < -0.4 is 10.1 Å². The number of carbonyl (C=O) groups excluding carboxylic acids is 1. The third-order valence-electron chi connectivity index (χ3n) is 5.35. The number of furan rings is 1. The number of nitrogens with one attached hydrogen (secondary N) is 1. The van der Waals surface area contributed by atoms with Crippen molar-refractivity contribution in [2.45, 2.75) is 25.3 Å². The number of imidazole rings is 1. The smallest absolute Gasteiger partial charge is 0.244 e. The number of rotatable bonds is 7. The zero-order valence-electron chi connectivity index (χ0n) is 16.8. The number of amides is 1. The van der Waals surface area contributed by atoms with Gasteiger partial charge in [-0.15, -0.1) is 0 Å². The molecule has 1 aliphatic rings. The van der Waals surface area contributed by atoms with Gasteiger partial charge < -0.3 is 19.0 Å². The summed E-state index contributed by atoms with van der Waals surface area (Å²) in [5, 5.41) is 3.04. The van der Waals surface area contributed by atoms with Gasteiger partial charge in [-0.3, -0.25) is 4.79 Å². The molecule has 29 heavy (non-hydrogen) atoms. The molecular formula is C23H25N3O3. The van der Waals surface area contributed by atoms with E-state index in [9.17, 15) is 4.79 Å². The van der Waals surface area contributed by atoms with Crippen LogP contribution in [0.2, 0.25) is 0 Å². The highest BCUT2D eigenvalue weighted by Crippen LogP contribution is 2.47. The maximum atomic E-state index is 12.7. The largest absolute Gasteiger partial charge is 0.497 e. The molecule has 1 amide bonds. The van der Waals surface area contributed by atoms with Crippen molar-refractivity contribution in [2.75, 3.05) is 7.11 Å². The molecule has 1 N–H and O–H groups in total. The van der Waals surface area contributed by atoms with E-state index in [1.54, 1.807) is 19.4 Å². The Hall–Kier alpha value is -3.28. The number of hydrogen-bond donors (Lipinski definition) is 1. The lowest BCUT2D eigenvalue weighted by Gasteiger charge is -2.19. The number of aryl methyl sites for hydroxylation is 1. The van der Waals surface area contributed by atoms with Crippen molar-refractivity contribution in [2.24, 2.45) is 13.0 Å². The van der Waals surface area contributed by atoms with Crippen LogP contribution in [-0.2, 0) is 11.8 Å². The fourth-order valence-electron chi connectivity index (χ4n) is 3.50. The molecule has 6 heteroatoms. The lowest BCUT2D eigenvalue weighted by Crippen LogP contribution is -2.29. The Balaban J connectivity index is 1.51. The number of carbonyl (C=O) groups is 1. The van der Waals surface area contributed by atoms with Crippen LogP contribution in [0.1, 0.15) is 48.2 Å². The number of benzene rings is 1. The number of hydrogen-bond acceptors (Lipinski definition) is 4. The van der Waals surface area contributed by atoms with E-state index < -0.39 is 6.04 Å². The van der Waals surface area contributed by atoms with Gasteiger partial charge in [0.1, 0.15) is 29.1 Å². The minimum Gasteiger partial charge on any atom is -0.497 e. The molecule has 6 nitrogen and oxygen atoms in total. The van der Waals surface area contributed by atoms with Gasteiger partial charge in [-0.05, 0) is 48.2 Å². The van der Waals surface area contributed by atoms with E-state index in [0.717, 1.165) is 22.9 Å². The van der Waals surface area contributed by atoms with Crippen LogP contribution in [0, 0.1) is 5.92 Å². The molecule has 0 bridgehead atoms. The van der Waals surface area contributed by atoms with Crippen molar-refractivity contribution in [3.05, 3.63) is 77.8 Å². The van der Waals surface area contributed by atoms with Gasteiger partial charge in [0.05, 0.1) is 7.11 Å². The van der Waals surface area contributed by atoms with Gasteiger partial charge in [0.15, 0.2) is 0 Å². The summed E-state index contributed by atoms with van der Waals surface area (Å²) in [6.45, 7) is 2.21. The molecule has 0 radical (unpaired) electrons. The highest BCUT2D eigenvalue weighted by molar-refractivity contribution is 5.91. The van der Waals surface area contributed by atoms with Gasteiger partial charge in [0, 0.05) is 31.4 Å². The first-order valence-corrected chi connectivity index (χ1v) is 9.74. The highest BCUT2D eigenvalue weighted by Gasteiger charge is 2.36. The fraction of sp³-hybridized carbons (Fsp3) is 0.304. The van der Waals surface area contributed by atoms with Crippen molar-refractivity contribution in [3.63, 3.8) is 0 Å². The summed E-state index contributed by atoms with van der Waals surface area (Å²) in [5.74, 6) is 4.13. The summed E-state index contributed by atoms with van der Waals surface area (Å²) < 4.78 is 13.1. The second-order valence-electron chi connectivity index (χ2n) is 7.51. The number of methoxy groups -OCH3 is 1. The van der Waals surface area contributed by atoms with Gasteiger partial charge >= 0.3 is 0 Å². The Kier molecular flexibility index (Phi) is 5.25. The van der Waals surface area contributed by atoms with Crippen LogP contribution in [0.3, 0.4) is 0 Å². The summed E-state index contributed by atoms with van der Waals surface area (Å²) in [7, 11) is 3.52. The minimum atomic E-state index is -0.401. The van der Waals surface area contributed by atoms with Gasteiger partial charge in [-0.2, -0.15) is 0 Å². The molecule has 1 aliphatic carbocycles. The summed E-state index contributed by atoms with van der Waals surface area (Å²) in [4.78, 5) is 17.1. The molecule has 3 unspecified atom stereocenters. The van der Waals surface area contributed by atoms with E-state index in [4.69, 9.17) is 9.15 Å². The fourth-order valence-corrected chi connectivity index (χ4v) is 3.50. The van der Waals surface area contributed by atoms with Crippen molar-refractivity contribution in [1.29, 1.82) is 0 Å². The molecule has 3 atom stereocenters. The van der Waals surface area contributed by atoms with Crippen LogP contribution in [0.15, 0.2) is 59.3 Å². The Labute approximate surface area is 170 Å². The molecule has 4 rings (SSSR count). The first-order chi connectivity index (χ1) is 14.0. The van der Waals surface area contributed by atoms with Crippen molar-refractivity contribution in [1.82, 2.24) is 14.9 Å². The van der Waals surface area contributed by atoms with E-state index in [1.165, 1.54) is 12.5 Å². The predicted octanol–water partition coefficient (Wildman–Crippen LogP) is 4.06. The van der Waals surface area contributed by atoms with Crippen LogP contribution in [-0.4, -0.2) is 22.6 Å². The molecule has 1 aromatic carbocycles. The Morgan fingerprint density at radius 3 is 2.90 bits per heavy atom. The third-order valence-corrected chi connectivity index (χ3v) is 5.35. The zero-order valence-corrected chi connectivity index (χ0v) is 16.8.